The molecule has 2 aromatic rings. The summed E-state index contributed by atoms with van der Waals surface area (Å²) in [6.07, 6.45) is -4.88. The summed E-state index contributed by atoms with van der Waals surface area (Å²) in [5.41, 5.74) is 0.750. The number of nitrogens with one attached hydrogen (secondary N) is 1. The molecule has 0 unspecified atom stereocenters. The van der Waals surface area contributed by atoms with Gasteiger partial charge in [0.2, 0.25) is 0 Å². The third kappa shape index (κ3) is 4.67. The first kappa shape index (κ1) is 21.1. The van der Waals surface area contributed by atoms with E-state index in [0.717, 1.165) is 10.6 Å². The quantitative estimate of drug-likeness (QED) is 0.604. The number of carbonyl (C=O) groups excluding carboxylic acids is 2. The first-order valence-corrected chi connectivity index (χ1v) is 8.92. The number of benzene rings is 2. The highest BCUT2D eigenvalue weighted by Crippen LogP contribution is 2.24. The number of nitro benzene ring substituents is 1. The third-order valence-electron chi connectivity index (χ3n) is 4.65. The lowest BCUT2D eigenvalue weighted by molar-refractivity contribution is -0.385. The van der Waals surface area contributed by atoms with E-state index in [4.69, 9.17) is 0 Å². The maximum Gasteiger partial charge on any atom is 0.471 e. The number of nitro groups is 1. The van der Waals surface area contributed by atoms with Crippen molar-refractivity contribution in [3.05, 3.63) is 64.2 Å². The Balaban J connectivity index is 1.62. The lowest BCUT2D eigenvalue weighted by atomic mass is 10.1. The minimum atomic E-state index is -4.88. The zero-order valence-electron chi connectivity index (χ0n) is 15.6. The van der Waals surface area contributed by atoms with Gasteiger partial charge in [-0.1, -0.05) is 12.1 Å². The summed E-state index contributed by atoms with van der Waals surface area (Å²) in [5, 5.41) is 13.6. The maximum absolute atomic E-state index is 12.5. The van der Waals surface area contributed by atoms with E-state index in [1.54, 1.807) is 24.3 Å². The van der Waals surface area contributed by atoms with Crippen molar-refractivity contribution in [2.24, 2.45) is 0 Å². The summed E-state index contributed by atoms with van der Waals surface area (Å²) >= 11 is 0. The van der Waals surface area contributed by atoms with Crippen LogP contribution in [0.2, 0.25) is 0 Å². The van der Waals surface area contributed by atoms with Crippen LogP contribution < -0.4 is 10.2 Å². The Kier molecular flexibility index (Phi) is 5.90. The molecule has 1 saturated heterocycles. The molecular weight excluding hydrogens is 405 g/mol. The minimum Gasteiger partial charge on any atom is -0.368 e. The van der Waals surface area contributed by atoms with E-state index in [9.17, 15) is 32.9 Å². The largest absolute Gasteiger partial charge is 0.471 e. The molecule has 0 aromatic heterocycles. The number of para-hydroxylation sites is 1. The summed E-state index contributed by atoms with van der Waals surface area (Å²) in [4.78, 5) is 36.7. The first-order chi connectivity index (χ1) is 14.2. The van der Waals surface area contributed by atoms with Gasteiger partial charge in [0.1, 0.15) is 5.56 Å². The van der Waals surface area contributed by atoms with E-state index in [1.165, 1.54) is 24.3 Å². The van der Waals surface area contributed by atoms with Crippen LogP contribution in [-0.2, 0) is 4.79 Å². The summed E-state index contributed by atoms with van der Waals surface area (Å²) in [6.45, 7) is 0.385. The van der Waals surface area contributed by atoms with Crippen molar-refractivity contribution in [3.63, 3.8) is 0 Å². The molecule has 2 amide bonds. The zero-order chi connectivity index (χ0) is 21.9. The van der Waals surface area contributed by atoms with Crippen LogP contribution in [0.25, 0.3) is 0 Å². The molecular formula is C19H17F3N4O4. The molecule has 0 aliphatic carbocycles. The summed E-state index contributed by atoms with van der Waals surface area (Å²) < 4.78 is 37.6. The van der Waals surface area contributed by atoms with Crippen molar-refractivity contribution in [2.75, 3.05) is 36.4 Å². The van der Waals surface area contributed by atoms with E-state index >= 15 is 0 Å². The number of carbonyl (C=O) groups is 2. The summed E-state index contributed by atoms with van der Waals surface area (Å²) in [7, 11) is 0. The molecule has 1 fully saturated rings. The van der Waals surface area contributed by atoms with Crippen molar-refractivity contribution < 1.29 is 27.7 Å². The van der Waals surface area contributed by atoms with Crippen molar-refractivity contribution in [2.45, 2.75) is 6.18 Å². The van der Waals surface area contributed by atoms with E-state index < -0.39 is 22.9 Å². The van der Waals surface area contributed by atoms with Crippen LogP contribution in [0.4, 0.5) is 30.2 Å². The van der Waals surface area contributed by atoms with Gasteiger partial charge in [-0.2, -0.15) is 13.2 Å². The Hall–Kier alpha value is -3.63. The van der Waals surface area contributed by atoms with Crippen LogP contribution in [0.15, 0.2) is 48.5 Å². The van der Waals surface area contributed by atoms with Gasteiger partial charge in [-0.05, 0) is 30.3 Å². The fourth-order valence-corrected chi connectivity index (χ4v) is 3.13. The lowest BCUT2D eigenvalue weighted by Crippen LogP contribution is -2.52. The van der Waals surface area contributed by atoms with E-state index in [1.807, 2.05) is 4.90 Å². The first-order valence-electron chi connectivity index (χ1n) is 8.92. The smallest absolute Gasteiger partial charge is 0.368 e. The number of nitrogens with zero attached hydrogens (tertiary/aromatic N) is 3. The Labute approximate surface area is 169 Å². The average Bonchev–Trinajstić information content (AvgIpc) is 2.73. The van der Waals surface area contributed by atoms with Gasteiger partial charge in [-0.3, -0.25) is 19.7 Å². The van der Waals surface area contributed by atoms with Gasteiger partial charge in [0.05, 0.1) is 4.92 Å². The minimum absolute atomic E-state index is 0.0471. The molecule has 0 saturated carbocycles. The molecule has 1 N–H and O–H groups in total. The van der Waals surface area contributed by atoms with Crippen molar-refractivity contribution >= 4 is 28.9 Å². The number of anilines is 2. The summed E-state index contributed by atoms with van der Waals surface area (Å²) in [6, 6.07) is 12.1. The molecule has 11 heteroatoms. The predicted molar refractivity (Wildman–Crippen MR) is 102 cm³/mol. The number of hydrogen-bond acceptors (Lipinski definition) is 5. The van der Waals surface area contributed by atoms with Crippen LogP contribution >= 0.6 is 0 Å². The number of piperazine rings is 1. The highest BCUT2D eigenvalue weighted by atomic mass is 19.4. The van der Waals surface area contributed by atoms with Crippen LogP contribution in [0.5, 0.6) is 0 Å². The molecule has 0 atom stereocenters. The number of amides is 2. The van der Waals surface area contributed by atoms with Crippen LogP contribution in [0, 0.1) is 10.1 Å². The van der Waals surface area contributed by atoms with E-state index in [0.29, 0.717) is 5.69 Å². The molecule has 0 bridgehead atoms. The van der Waals surface area contributed by atoms with E-state index in [2.05, 4.69) is 5.32 Å². The Bertz CT molecular complexity index is 955. The number of halogens is 3. The molecule has 0 spiro atoms. The highest BCUT2D eigenvalue weighted by molar-refractivity contribution is 6.07. The fourth-order valence-electron chi connectivity index (χ4n) is 3.13. The van der Waals surface area contributed by atoms with Crippen LogP contribution in [-0.4, -0.2) is 54.0 Å². The van der Waals surface area contributed by atoms with Crippen molar-refractivity contribution in [1.82, 2.24) is 4.90 Å². The molecule has 1 aliphatic rings. The predicted octanol–water partition coefficient (Wildman–Crippen LogP) is 3.06. The van der Waals surface area contributed by atoms with Crippen LogP contribution in [0.1, 0.15) is 10.4 Å². The molecule has 3 rings (SSSR count). The molecule has 1 heterocycles. The normalized spacial score (nSPS) is 14.4. The maximum atomic E-state index is 12.5. The standard InChI is InChI=1S/C19H17F3N4O4/c20-19(21,22)18(28)25-11-9-24(10-12-25)14-7-5-13(6-8-14)23-17(27)15-3-1-2-4-16(15)26(29)30/h1-8H,9-12H2,(H,23,27). The van der Waals surface area contributed by atoms with Gasteiger partial charge >= 0.3 is 12.1 Å². The lowest BCUT2D eigenvalue weighted by Gasteiger charge is -2.36. The molecule has 8 nitrogen and oxygen atoms in total. The van der Waals surface area contributed by atoms with Gasteiger partial charge in [0.15, 0.2) is 0 Å². The highest BCUT2D eigenvalue weighted by Gasteiger charge is 2.43. The summed E-state index contributed by atoms with van der Waals surface area (Å²) in [5.74, 6) is -2.47. The van der Waals surface area contributed by atoms with Crippen molar-refractivity contribution in [1.29, 1.82) is 0 Å². The van der Waals surface area contributed by atoms with Crippen LogP contribution in [0.3, 0.4) is 0 Å². The molecule has 1 aliphatic heterocycles. The monoisotopic (exact) mass is 422 g/mol. The molecule has 2 aromatic carbocycles. The average molecular weight is 422 g/mol. The number of rotatable bonds is 4. The molecule has 0 radical (unpaired) electrons. The third-order valence-corrected chi connectivity index (χ3v) is 4.65. The van der Waals surface area contributed by atoms with Gasteiger partial charge < -0.3 is 15.1 Å². The Morgan fingerprint density at radius 2 is 1.57 bits per heavy atom. The van der Waals surface area contributed by atoms with Gasteiger partial charge in [0.25, 0.3) is 11.6 Å². The SMILES string of the molecule is O=C(Nc1ccc(N2CCN(C(=O)C(F)(F)F)CC2)cc1)c1ccccc1[N+](=O)[O-]. The number of hydrogen-bond donors (Lipinski definition) is 1. The topological polar surface area (TPSA) is 95.8 Å². The van der Waals surface area contributed by atoms with Crippen molar-refractivity contribution in [3.8, 4) is 0 Å². The fraction of sp³-hybridized carbons (Fsp3) is 0.263. The van der Waals surface area contributed by atoms with Gasteiger partial charge in [-0.25, -0.2) is 0 Å². The molecule has 30 heavy (non-hydrogen) atoms. The Morgan fingerprint density at radius 3 is 2.13 bits per heavy atom. The van der Waals surface area contributed by atoms with Gasteiger partial charge in [0, 0.05) is 43.6 Å². The second kappa shape index (κ2) is 8.39. The Morgan fingerprint density at radius 1 is 0.967 bits per heavy atom. The zero-order valence-corrected chi connectivity index (χ0v) is 15.6. The van der Waals surface area contributed by atoms with Gasteiger partial charge in [-0.15, -0.1) is 0 Å². The number of alkyl halides is 3. The second-order valence-corrected chi connectivity index (χ2v) is 6.55. The second-order valence-electron chi connectivity index (χ2n) is 6.55. The molecule has 158 valence electrons. The van der Waals surface area contributed by atoms with E-state index in [-0.39, 0.29) is 37.4 Å².